The van der Waals surface area contributed by atoms with Crippen LogP contribution in [0.4, 0.5) is 22.0 Å². The lowest BCUT2D eigenvalue weighted by Gasteiger charge is -2.37. The fourth-order valence-electron chi connectivity index (χ4n) is 3.47. The van der Waals surface area contributed by atoms with Gasteiger partial charge in [0.2, 0.25) is 0 Å². The van der Waals surface area contributed by atoms with E-state index < -0.39 is 64.5 Å². The molecule has 0 aliphatic carbocycles. The number of nitrogens with zero attached hydrogens (tertiary/aromatic N) is 3. The quantitative estimate of drug-likeness (QED) is 0.149. The summed E-state index contributed by atoms with van der Waals surface area (Å²) in [5.74, 6) is -1.79. The Morgan fingerprint density at radius 1 is 1.03 bits per heavy atom. The van der Waals surface area contributed by atoms with Crippen LogP contribution in [0.15, 0.2) is 53.6 Å². The Morgan fingerprint density at radius 3 is 1.97 bits per heavy atom. The number of halogens is 5. The number of azide groups is 1. The van der Waals surface area contributed by atoms with Crippen LogP contribution in [0.3, 0.4) is 0 Å². The van der Waals surface area contributed by atoms with Crippen molar-refractivity contribution in [2.24, 2.45) is 5.11 Å². The average Bonchev–Trinajstić information content (AvgIpc) is 2.72. The fourth-order valence-corrected chi connectivity index (χ4v) is 4.11. The molecule has 0 amide bonds. The Hall–Kier alpha value is -2.73. The van der Waals surface area contributed by atoms with Gasteiger partial charge in [0.05, 0.1) is 24.9 Å². The fraction of sp³-hybridized carbons (Fsp3) is 0.368. The molecule has 0 bridgehead atoms. The van der Waals surface area contributed by atoms with Crippen molar-refractivity contribution in [1.82, 2.24) is 0 Å². The maximum Gasteiger partial charge on any atom is 0.523 e. The highest BCUT2D eigenvalue weighted by atomic mass is 32.2. The molecule has 13 heteroatoms. The van der Waals surface area contributed by atoms with Crippen LogP contribution in [0.1, 0.15) is 23.5 Å². The normalized spacial score (nSPS) is 21.9. The number of ether oxygens (including phenoxy) is 1. The predicted octanol–water partition coefficient (Wildman–Crippen LogP) is 4.80. The number of alkyl halides is 3. The van der Waals surface area contributed by atoms with Crippen molar-refractivity contribution in [2.75, 3.05) is 6.61 Å². The van der Waals surface area contributed by atoms with Gasteiger partial charge >= 0.3 is 15.6 Å². The largest absolute Gasteiger partial charge is 0.523 e. The predicted molar refractivity (Wildman–Crippen MR) is 102 cm³/mol. The molecule has 3 unspecified atom stereocenters. The van der Waals surface area contributed by atoms with Crippen molar-refractivity contribution < 1.29 is 39.3 Å². The van der Waals surface area contributed by atoms with E-state index >= 15 is 0 Å². The second-order valence-electron chi connectivity index (χ2n) is 7.00. The summed E-state index contributed by atoms with van der Waals surface area (Å²) in [6.45, 7) is -0.425. The van der Waals surface area contributed by atoms with E-state index in [0.717, 1.165) is 0 Å². The van der Waals surface area contributed by atoms with Crippen LogP contribution in [-0.2, 0) is 19.0 Å². The molecule has 3 rings (SSSR count). The lowest BCUT2D eigenvalue weighted by atomic mass is 9.82. The third-order valence-electron chi connectivity index (χ3n) is 4.94. The number of hydrogen-bond donors (Lipinski definition) is 0. The molecule has 1 aliphatic rings. The molecule has 172 valence electrons. The molecule has 1 heterocycles. The van der Waals surface area contributed by atoms with E-state index in [4.69, 9.17) is 10.3 Å². The Bertz CT molecular complexity index is 1040. The summed E-state index contributed by atoms with van der Waals surface area (Å²) in [5, 5.41) is 3.29. The van der Waals surface area contributed by atoms with Gasteiger partial charge in [0.15, 0.2) is 0 Å². The summed E-state index contributed by atoms with van der Waals surface area (Å²) in [5.41, 5.74) is 3.99. The summed E-state index contributed by atoms with van der Waals surface area (Å²) >= 11 is 0. The Morgan fingerprint density at radius 2 is 1.53 bits per heavy atom. The molecular weight excluding hydrogens is 461 g/mol. The summed E-state index contributed by atoms with van der Waals surface area (Å²) in [4.78, 5) is 2.51. The number of benzene rings is 2. The molecule has 1 fully saturated rings. The van der Waals surface area contributed by atoms with E-state index in [0.29, 0.717) is 11.1 Å². The highest BCUT2D eigenvalue weighted by molar-refractivity contribution is 7.87. The molecule has 0 N–H and O–H groups in total. The van der Waals surface area contributed by atoms with Crippen molar-refractivity contribution in [3.8, 4) is 0 Å². The van der Waals surface area contributed by atoms with Gasteiger partial charge in [-0.2, -0.15) is 21.6 Å². The highest BCUT2D eigenvalue weighted by Gasteiger charge is 2.50. The summed E-state index contributed by atoms with van der Waals surface area (Å²) in [7, 11) is -5.98. The molecule has 32 heavy (non-hydrogen) atoms. The lowest BCUT2D eigenvalue weighted by molar-refractivity contribution is -0.0783. The molecule has 2 aromatic rings. The number of hydrogen-bond acceptors (Lipinski definition) is 5. The Kier molecular flexibility index (Phi) is 7.03. The van der Waals surface area contributed by atoms with Gasteiger partial charge in [-0.15, -0.1) is 0 Å². The van der Waals surface area contributed by atoms with E-state index in [2.05, 4.69) is 14.2 Å². The first kappa shape index (κ1) is 23.9. The minimum Gasteiger partial charge on any atom is -0.377 e. The van der Waals surface area contributed by atoms with Crippen molar-refractivity contribution >= 4 is 10.1 Å². The van der Waals surface area contributed by atoms with E-state index in [1.807, 2.05) is 0 Å². The Balaban J connectivity index is 1.98. The van der Waals surface area contributed by atoms with Crippen molar-refractivity contribution in [1.29, 1.82) is 0 Å². The topological polar surface area (TPSA) is 101 Å². The van der Waals surface area contributed by atoms with Crippen LogP contribution < -0.4 is 0 Å². The van der Waals surface area contributed by atoms with Crippen LogP contribution in [0.5, 0.6) is 0 Å². The van der Waals surface area contributed by atoms with E-state index in [1.165, 1.54) is 48.5 Å². The maximum absolute atomic E-state index is 13.4. The van der Waals surface area contributed by atoms with Gasteiger partial charge in [-0.3, -0.25) is 4.18 Å². The summed E-state index contributed by atoms with van der Waals surface area (Å²) < 4.78 is 98.6. The smallest absolute Gasteiger partial charge is 0.377 e. The van der Waals surface area contributed by atoms with Crippen LogP contribution in [0.2, 0.25) is 0 Å². The summed E-state index contributed by atoms with van der Waals surface area (Å²) in [6.07, 6.45) is -3.03. The second kappa shape index (κ2) is 9.41. The molecule has 2 aromatic carbocycles. The van der Waals surface area contributed by atoms with Gasteiger partial charge in [-0.25, -0.2) is 8.78 Å². The maximum atomic E-state index is 13.4. The molecule has 0 spiro atoms. The lowest BCUT2D eigenvalue weighted by Crippen LogP contribution is -2.46. The minimum absolute atomic E-state index is 0.404. The average molecular weight is 477 g/mol. The van der Waals surface area contributed by atoms with Crippen molar-refractivity contribution in [2.45, 2.75) is 36.1 Å². The first-order valence-electron chi connectivity index (χ1n) is 9.18. The molecule has 1 aliphatic heterocycles. The van der Waals surface area contributed by atoms with Crippen LogP contribution >= 0.6 is 0 Å². The van der Waals surface area contributed by atoms with Crippen LogP contribution in [0, 0.1) is 11.6 Å². The first-order chi connectivity index (χ1) is 15.0. The molecule has 3 atom stereocenters. The van der Waals surface area contributed by atoms with Gasteiger partial charge in [-0.1, -0.05) is 29.4 Å². The van der Waals surface area contributed by atoms with Crippen molar-refractivity contribution in [3.05, 3.63) is 81.7 Å². The van der Waals surface area contributed by atoms with Crippen molar-refractivity contribution in [3.63, 3.8) is 0 Å². The minimum atomic E-state index is -5.98. The van der Waals surface area contributed by atoms with Gasteiger partial charge in [0.25, 0.3) is 0 Å². The molecule has 1 saturated heterocycles. The van der Waals surface area contributed by atoms with Crippen LogP contribution in [0.25, 0.3) is 10.4 Å². The molecule has 0 saturated carbocycles. The van der Waals surface area contributed by atoms with Gasteiger partial charge in [0.1, 0.15) is 11.6 Å². The van der Waals surface area contributed by atoms with Gasteiger partial charge in [0, 0.05) is 17.3 Å². The zero-order valence-electron chi connectivity index (χ0n) is 16.1. The third kappa shape index (κ3) is 5.36. The molecule has 0 aromatic heterocycles. The van der Waals surface area contributed by atoms with E-state index in [-0.39, 0.29) is 0 Å². The zero-order valence-corrected chi connectivity index (χ0v) is 16.9. The standard InChI is InChI=1S/C19H16F5N3O4S/c20-13-5-1-11(2-6-13)18(12-3-7-14(21)8-4-12)17-9-16(15(10-30-17)26-27-25)31-32(28,29)19(22,23)24/h1-8,15-18H,9-10H2. The zero-order chi connectivity index (χ0) is 23.5. The molecular formula is C19H16F5N3O4S. The second-order valence-corrected chi connectivity index (χ2v) is 8.56. The highest BCUT2D eigenvalue weighted by Crippen LogP contribution is 2.37. The SMILES string of the molecule is [N-]=[N+]=NC1COC(C(c2ccc(F)cc2)c2ccc(F)cc2)CC1OS(=O)(=O)C(F)(F)F. The molecule has 7 nitrogen and oxygen atoms in total. The van der Waals surface area contributed by atoms with E-state index in [9.17, 15) is 30.4 Å². The van der Waals surface area contributed by atoms with Gasteiger partial charge < -0.3 is 4.74 Å². The first-order valence-corrected chi connectivity index (χ1v) is 10.6. The third-order valence-corrected chi connectivity index (χ3v) is 6.01. The Labute approximate surface area is 179 Å². The summed E-state index contributed by atoms with van der Waals surface area (Å²) in [6, 6.07) is 9.03. The van der Waals surface area contributed by atoms with Gasteiger partial charge in [-0.05, 0) is 40.9 Å². The monoisotopic (exact) mass is 477 g/mol. The van der Waals surface area contributed by atoms with Crippen LogP contribution in [-0.4, -0.2) is 38.8 Å². The van der Waals surface area contributed by atoms with E-state index in [1.54, 1.807) is 0 Å². The number of rotatable bonds is 6. The molecule has 0 radical (unpaired) electrons.